The number of piperidine rings is 1. The van der Waals surface area contributed by atoms with E-state index in [9.17, 15) is 4.79 Å². The molecule has 4 rings (SSSR count). The fourth-order valence-electron chi connectivity index (χ4n) is 4.05. The predicted octanol–water partition coefficient (Wildman–Crippen LogP) is 2.46. The molecular formula is C21H28N6O. The Bertz CT molecular complexity index is 781. The van der Waals surface area contributed by atoms with Crippen LogP contribution in [0.2, 0.25) is 0 Å². The van der Waals surface area contributed by atoms with Gasteiger partial charge in [0, 0.05) is 57.9 Å². The number of aromatic nitrogens is 3. The van der Waals surface area contributed by atoms with Gasteiger partial charge in [0.15, 0.2) is 0 Å². The van der Waals surface area contributed by atoms with Crippen LogP contribution >= 0.6 is 0 Å². The van der Waals surface area contributed by atoms with E-state index in [-0.39, 0.29) is 5.91 Å². The van der Waals surface area contributed by atoms with Gasteiger partial charge in [-0.25, -0.2) is 15.0 Å². The molecule has 0 N–H and O–H groups in total. The molecule has 0 aromatic carbocycles. The lowest BCUT2D eigenvalue weighted by Gasteiger charge is -2.31. The van der Waals surface area contributed by atoms with E-state index in [4.69, 9.17) is 0 Å². The molecule has 2 aromatic rings. The molecule has 0 saturated carbocycles. The minimum atomic E-state index is 0.0573. The number of carbonyl (C=O) groups is 1. The maximum atomic E-state index is 13.0. The standard InChI is InChI=1S/C21H28N6O/c1-17-5-2-10-27(16-17)19-7-6-18(15-24-19)20(28)25-11-4-12-26(14-13-25)21-22-8-3-9-23-21/h3,6-9,15,17H,2,4-5,10-14,16H2,1H3/t17-/m0/s1. The van der Waals surface area contributed by atoms with Crippen LogP contribution in [-0.2, 0) is 0 Å². The average molecular weight is 380 g/mol. The van der Waals surface area contributed by atoms with Crippen molar-refractivity contribution in [3.8, 4) is 0 Å². The summed E-state index contributed by atoms with van der Waals surface area (Å²) in [6.45, 7) is 7.40. The van der Waals surface area contributed by atoms with Crippen molar-refractivity contribution in [2.45, 2.75) is 26.2 Å². The van der Waals surface area contributed by atoms with Crippen molar-refractivity contribution >= 4 is 17.7 Å². The molecule has 0 bridgehead atoms. The summed E-state index contributed by atoms with van der Waals surface area (Å²) in [5, 5.41) is 0. The normalized spacial score (nSPS) is 20.8. The molecule has 2 aromatic heterocycles. The molecule has 28 heavy (non-hydrogen) atoms. The van der Waals surface area contributed by atoms with Crippen LogP contribution < -0.4 is 9.80 Å². The van der Waals surface area contributed by atoms with Crippen molar-refractivity contribution in [2.75, 3.05) is 49.1 Å². The van der Waals surface area contributed by atoms with Gasteiger partial charge in [0.05, 0.1) is 5.56 Å². The average Bonchev–Trinajstić information content (AvgIpc) is 3.00. The third-order valence-corrected chi connectivity index (χ3v) is 5.59. The van der Waals surface area contributed by atoms with E-state index in [0.717, 1.165) is 50.9 Å². The molecule has 4 heterocycles. The Balaban J connectivity index is 1.39. The molecule has 1 atom stereocenters. The van der Waals surface area contributed by atoms with E-state index in [0.29, 0.717) is 18.0 Å². The van der Waals surface area contributed by atoms with Crippen LogP contribution in [0.15, 0.2) is 36.8 Å². The second-order valence-corrected chi connectivity index (χ2v) is 7.78. The Hall–Kier alpha value is -2.70. The first-order valence-corrected chi connectivity index (χ1v) is 10.2. The maximum absolute atomic E-state index is 13.0. The van der Waals surface area contributed by atoms with Crippen LogP contribution in [0.4, 0.5) is 11.8 Å². The number of hydrogen-bond acceptors (Lipinski definition) is 6. The topological polar surface area (TPSA) is 65.5 Å². The van der Waals surface area contributed by atoms with Crippen LogP contribution in [0.1, 0.15) is 36.5 Å². The molecule has 1 amide bonds. The van der Waals surface area contributed by atoms with Crippen molar-refractivity contribution < 1.29 is 4.79 Å². The molecule has 0 spiro atoms. The number of nitrogens with zero attached hydrogens (tertiary/aromatic N) is 6. The number of amides is 1. The molecule has 0 unspecified atom stereocenters. The highest BCUT2D eigenvalue weighted by Gasteiger charge is 2.22. The highest BCUT2D eigenvalue weighted by Crippen LogP contribution is 2.21. The van der Waals surface area contributed by atoms with Gasteiger partial charge in [-0.05, 0) is 43.4 Å². The van der Waals surface area contributed by atoms with Gasteiger partial charge in [-0.2, -0.15) is 0 Å². The summed E-state index contributed by atoms with van der Waals surface area (Å²) in [6.07, 6.45) is 8.64. The number of rotatable bonds is 3. The Morgan fingerprint density at radius 2 is 1.79 bits per heavy atom. The van der Waals surface area contributed by atoms with E-state index in [1.165, 1.54) is 12.8 Å². The number of carbonyl (C=O) groups excluding carboxylic acids is 1. The van der Waals surface area contributed by atoms with Gasteiger partial charge < -0.3 is 14.7 Å². The van der Waals surface area contributed by atoms with E-state index in [1.807, 2.05) is 23.1 Å². The summed E-state index contributed by atoms with van der Waals surface area (Å²) in [5.74, 6) is 2.47. The highest BCUT2D eigenvalue weighted by molar-refractivity contribution is 5.94. The van der Waals surface area contributed by atoms with Gasteiger partial charge in [-0.15, -0.1) is 0 Å². The van der Waals surface area contributed by atoms with Crippen molar-refractivity contribution in [2.24, 2.45) is 5.92 Å². The highest BCUT2D eigenvalue weighted by atomic mass is 16.2. The van der Waals surface area contributed by atoms with E-state index in [2.05, 4.69) is 31.7 Å². The smallest absolute Gasteiger partial charge is 0.255 e. The molecule has 2 fully saturated rings. The lowest BCUT2D eigenvalue weighted by atomic mass is 10.0. The maximum Gasteiger partial charge on any atom is 0.255 e. The molecule has 0 radical (unpaired) electrons. The Morgan fingerprint density at radius 3 is 2.54 bits per heavy atom. The predicted molar refractivity (Wildman–Crippen MR) is 110 cm³/mol. The van der Waals surface area contributed by atoms with Gasteiger partial charge in [-0.1, -0.05) is 6.92 Å². The van der Waals surface area contributed by atoms with E-state index in [1.54, 1.807) is 18.6 Å². The largest absolute Gasteiger partial charge is 0.356 e. The zero-order valence-electron chi connectivity index (χ0n) is 16.5. The van der Waals surface area contributed by atoms with E-state index >= 15 is 0 Å². The molecule has 148 valence electrons. The van der Waals surface area contributed by atoms with E-state index < -0.39 is 0 Å². The Morgan fingerprint density at radius 1 is 0.964 bits per heavy atom. The molecule has 7 nitrogen and oxygen atoms in total. The van der Waals surface area contributed by atoms with Crippen LogP contribution in [0.3, 0.4) is 0 Å². The van der Waals surface area contributed by atoms with Gasteiger partial charge >= 0.3 is 0 Å². The molecule has 2 aliphatic rings. The first-order chi connectivity index (χ1) is 13.7. The van der Waals surface area contributed by atoms with Gasteiger partial charge in [0.2, 0.25) is 5.95 Å². The lowest BCUT2D eigenvalue weighted by molar-refractivity contribution is 0.0766. The quantitative estimate of drug-likeness (QED) is 0.815. The van der Waals surface area contributed by atoms with Crippen LogP contribution in [0.5, 0.6) is 0 Å². The van der Waals surface area contributed by atoms with Gasteiger partial charge in [-0.3, -0.25) is 4.79 Å². The van der Waals surface area contributed by atoms with Gasteiger partial charge in [0.25, 0.3) is 5.91 Å². The first-order valence-electron chi connectivity index (χ1n) is 10.2. The number of hydrogen-bond donors (Lipinski definition) is 0. The molecular weight excluding hydrogens is 352 g/mol. The third-order valence-electron chi connectivity index (χ3n) is 5.59. The summed E-state index contributed by atoms with van der Waals surface area (Å²) < 4.78 is 0. The summed E-state index contributed by atoms with van der Waals surface area (Å²) in [6, 6.07) is 5.73. The molecule has 0 aliphatic carbocycles. The lowest BCUT2D eigenvalue weighted by Crippen LogP contribution is -2.36. The monoisotopic (exact) mass is 380 g/mol. The minimum absolute atomic E-state index is 0.0573. The number of anilines is 2. The Kier molecular flexibility index (Phi) is 5.69. The molecule has 7 heteroatoms. The Labute approximate surface area is 166 Å². The first kappa shape index (κ1) is 18.7. The van der Waals surface area contributed by atoms with Crippen molar-refractivity contribution in [1.29, 1.82) is 0 Å². The van der Waals surface area contributed by atoms with Crippen LogP contribution in [-0.4, -0.2) is 65.0 Å². The van der Waals surface area contributed by atoms with Gasteiger partial charge in [0.1, 0.15) is 5.82 Å². The molecule has 2 saturated heterocycles. The van der Waals surface area contributed by atoms with Crippen LogP contribution in [0.25, 0.3) is 0 Å². The summed E-state index contributed by atoms with van der Waals surface area (Å²) >= 11 is 0. The van der Waals surface area contributed by atoms with Crippen LogP contribution in [0, 0.1) is 5.92 Å². The molecule has 2 aliphatic heterocycles. The van der Waals surface area contributed by atoms with Crippen molar-refractivity contribution in [3.63, 3.8) is 0 Å². The summed E-state index contributed by atoms with van der Waals surface area (Å²) in [5.41, 5.74) is 0.665. The summed E-state index contributed by atoms with van der Waals surface area (Å²) in [4.78, 5) is 32.6. The zero-order valence-corrected chi connectivity index (χ0v) is 16.5. The minimum Gasteiger partial charge on any atom is -0.356 e. The summed E-state index contributed by atoms with van der Waals surface area (Å²) in [7, 11) is 0. The fourth-order valence-corrected chi connectivity index (χ4v) is 4.05. The van der Waals surface area contributed by atoms with Crippen molar-refractivity contribution in [3.05, 3.63) is 42.4 Å². The van der Waals surface area contributed by atoms with Crippen molar-refractivity contribution in [1.82, 2.24) is 19.9 Å². The fraction of sp³-hybridized carbons (Fsp3) is 0.524. The zero-order chi connectivity index (χ0) is 19.3. The number of pyridine rings is 1. The third kappa shape index (κ3) is 4.24. The second-order valence-electron chi connectivity index (χ2n) is 7.78. The SMILES string of the molecule is C[C@H]1CCCN(c2ccc(C(=O)N3CCCN(c4ncccn4)CC3)cn2)C1. The second kappa shape index (κ2) is 8.54.